The van der Waals surface area contributed by atoms with Crippen LogP contribution in [0.25, 0.3) is 11.1 Å². The van der Waals surface area contributed by atoms with Crippen molar-refractivity contribution in [3.8, 4) is 46.8 Å². The molecule has 3 atom stereocenters. The van der Waals surface area contributed by atoms with E-state index >= 15 is 0 Å². The summed E-state index contributed by atoms with van der Waals surface area (Å²) >= 11 is 13.7. The van der Waals surface area contributed by atoms with Crippen molar-refractivity contribution in [3.63, 3.8) is 0 Å². The topological polar surface area (TPSA) is 238 Å². The summed E-state index contributed by atoms with van der Waals surface area (Å²) < 4.78 is 25.5. The van der Waals surface area contributed by atoms with Gasteiger partial charge in [0.05, 0.1) is 24.3 Å². The van der Waals surface area contributed by atoms with Gasteiger partial charge in [-0.05, 0) is 90.3 Å². The summed E-state index contributed by atoms with van der Waals surface area (Å²) in [5.41, 5.74) is 8.00. The fourth-order valence-corrected chi connectivity index (χ4v) is 8.70. The summed E-state index contributed by atoms with van der Waals surface area (Å²) in [6.45, 7) is 1.41. The second-order valence-electron chi connectivity index (χ2n) is 16.5. The lowest BCUT2D eigenvalue weighted by Crippen LogP contribution is -2.52. The van der Waals surface area contributed by atoms with E-state index in [4.69, 9.17) is 52.1 Å². The average Bonchev–Trinajstić information content (AvgIpc) is 3.97. The first-order valence-corrected chi connectivity index (χ1v) is 22.6. The van der Waals surface area contributed by atoms with Crippen LogP contribution in [-0.2, 0) is 43.9 Å². The number of benzene rings is 2. The predicted octanol–water partition coefficient (Wildman–Crippen LogP) is 7.28. The molecule has 348 valence electrons. The Kier molecular flexibility index (Phi) is 15.0. The first kappa shape index (κ1) is 47.6. The van der Waals surface area contributed by atoms with E-state index in [0.29, 0.717) is 70.2 Å². The van der Waals surface area contributed by atoms with Crippen LogP contribution in [0.15, 0.2) is 85.5 Å². The number of carbonyl (C=O) groups is 1. The molecule has 0 saturated carbocycles. The molecule has 5 N–H and O–H groups in total. The number of rotatable bonds is 20. The van der Waals surface area contributed by atoms with Crippen LogP contribution in [0.1, 0.15) is 87.6 Å². The normalized spacial score (nSPS) is 15.6. The van der Waals surface area contributed by atoms with E-state index in [9.17, 15) is 30.6 Å². The van der Waals surface area contributed by atoms with Gasteiger partial charge in [0.15, 0.2) is 0 Å². The molecule has 68 heavy (non-hydrogen) atoms. The monoisotopic (exact) mass is 956 g/mol. The SMILES string of the molecule is C[C@@](CO)(NCc1cc(Cl)c(OC2CCc3c(-c4cccc5c4CC[C@@H]5Oc4nc(OCc5cncc(C#N)c5)c(CNCCO)cc4Cl)cccc32)nc1OCc1cncc(C#N)c1)C(=O)O. The van der Waals surface area contributed by atoms with Crippen LogP contribution in [0.3, 0.4) is 0 Å². The van der Waals surface area contributed by atoms with Gasteiger partial charge in [0, 0.05) is 66.7 Å². The molecule has 18 heteroatoms. The number of nitrogens with zero attached hydrogens (tertiary/aromatic N) is 6. The maximum absolute atomic E-state index is 11.9. The van der Waals surface area contributed by atoms with Gasteiger partial charge >= 0.3 is 5.97 Å². The molecular weight excluding hydrogens is 912 g/mol. The van der Waals surface area contributed by atoms with Gasteiger partial charge in [-0.3, -0.25) is 20.1 Å². The minimum atomic E-state index is -1.65. The summed E-state index contributed by atoms with van der Waals surface area (Å²) in [5, 5.41) is 54.2. The third-order valence-electron chi connectivity index (χ3n) is 11.9. The highest BCUT2D eigenvalue weighted by molar-refractivity contribution is 6.32. The van der Waals surface area contributed by atoms with E-state index in [2.05, 4.69) is 50.9 Å². The number of nitrogens with one attached hydrogen (secondary N) is 2. The van der Waals surface area contributed by atoms with Gasteiger partial charge in [0.1, 0.15) is 53.1 Å². The quantitative estimate of drug-likeness (QED) is 0.0473. The van der Waals surface area contributed by atoms with Gasteiger partial charge in [-0.25, -0.2) is 0 Å². The third-order valence-corrected chi connectivity index (χ3v) is 12.4. The number of hydrogen-bond acceptors (Lipinski definition) is 15. The summed E-state index contributed by atoms with van der Waals surface area (Å²) in [5.74, 6) is -0.464. The van der Waals surface area contributed by atoms with Crippen molar-refractivity contribution in [1.29, 1.82) is 10.5 Å². The smallest absolute Gasteiger partial charge is 0.326 e. The first-order valence-electron chi connectivity index (χ1n) is 21.8. The molecule has 16 nitrogen and oxygen atoms in total. The molecule has 6 aromatic rings. The zero-order chi connectivity index (χ0) is 47.8. The molecule has 0 radical (unpaired) electrons. The second-order valence-corrected chi connectivity index (χ2v) is 17.3. The number of nitriles is 2. The highest BCUT2D eigenvalue weighted by Gasteiger charge is 2.34. The number of carboxylic acids is 1. The molecular formula is C50H46Cl2N8O8. The van der Waals surface area contributed by atoms with Crippen molar-refractivity contribution in [1.82, 2.24) is 30.6 Å². The third kappa shape index (κ3) is 10.6. The minimum Gasteiger partial charge on any atom is -0.480 e. The van der Waals surface area contributed by atoms with E-state index < -0.39 is 24.2 Å². The fraction of sp³-hybridized carbons (Fsp3) is 0.300. The molecule has 0 fully saturated rings. The van der Waals surface area contributed by atoms with Crippen LogP contribution in [0, 0.1) is 22.7 Å². The standard InChI is InChI=1S/C50H46Cl2N8O8/c1-50(28-62,49(63)64)58-25-34-17-42(52)48(60-46(34)66-27-32-15-30(19-54)21-57-23-32)68-44-11-9-38-36(5-3-7-40(38)44)35-4-2-6-39-37(35)8-10-43(39)67-47-41(51)16-33(24-55-12-13-61)45(59-47)65-26-31-14-29(18-53)20-56-22-31/h2-7,14-17,20-23,43-44,55,58,61-62H,8-13,24-28H2,1H3,(H,63,64)/t43-,44?,50-/m0/s1. The molecule has 2 aliphatic rings. The van der Waals surface area contributed by atoms with Crippen molar-refractivity contribution < 1.29 is 39.1 Å². The van der Waals surface area contributed by atoms with E-state index in [0.717, 1.165) is 46.2 Å². The zero-order valence-corrected chi connectivity index (χ0v) is 38.3. The lowest BCUT2D eigenvalue weighted by atomic mass is 9.91. The molecule has 1 unspecified atom stereocenters. The van der Waals surface area contributed by atoms with Crippen LogP contribution in [-0.4, -0.2) is 66.5 Å². The Balaban J connectivity index is 1.03. The maximum atomic E-state index is 11.9. The molecule has 0 spiro atoms. The Morgan fingerprint density at radius 1 is 0.750 bits per heavy atom. The lowest BCUT2D eigenvalue weighted by molar-refractivity contribution is -0.145. The predicted molar refractivity (Wildman–Crippen MR) is 249 cm³/mol. The number of carboxylic acid groups (broad SMARTS) is 1. The van der Waals surface area contributed by atoms with Crippen molar-refractivity contribution in [2.75, 3.05) is 19.8 Å². The molecule has 0 bridgehead atoms. The Bertz CT molecular complexity index is 2930. The number of hydrogen-bond donors (Lipinski definition) is 5. The van der Waals surface area contributed by atoms with Crippen molar-refractivity contribution >= 4 is 29.2 Å². The van der Waals surface area contributed by atoms with Gasteiger partial charge in [-0.1, -0.05) is 59.6 Å². The van der Waals surface area contributed by atoms with Gasteiger partial charge in [0.25, 0.3) is 0 Å². The van der Waals surface area contributed by atoms with Gasteiger partial charge in [0.2, 0.25) is 23.5 Å². The molecule has 2 aliphatic carbocycles. The highest BCUT2D eigenvalue weighted by Crippen LogP contribution is 2.46. The van der Waals surface area contributed by atoms with E-state index in [1.165, 1.54) is 19.3 Å². The molecule has 4 heterocycles. The largest absolute Gasteiger partial charge is 0.480 e. The molecule has 4 aromatic heterocycles. The summed E-state index contributed by atoms with van der Waals surface area (Å²) in [7, 11) is 0. The number of pyridine rings is 4. The van der Waals surface area contributed by atoms with E-state index in [1.54, 1.807) is 36.7 Å². The first-order chi connectivity index (χ1) is 33.0. The average molecular weight is 958 g/mol. The Hall–Kier alpha value is -6.89. The van der Waals surface area contributed by atoms with Crippen molar-refractivity contribution in [2.45, 2.75) is 76.7 Å². The number of aliphatic hydroxyl groups is 2. The number of aromatic nitrogens is 4. The Morgan fingerprint density at radius 2 is 1.25 bits per heavy atom. The van der Waals surface area contributed by atoms with Crippen molar-refractivity contribution in [2.24, 2.45) is 0 Å². The highest BCUT2D eigenvalue weighted by atomic mass is 35.5. The summed E-state index contributed by atoms with van der Waals surface area (Å²) in [4.78, 5) is 29.6. The summed E-state index contributed by atoms with van der Waals surface area (Å²) in [6, 6.07) is 23.2. The fourth-order valence-electron chi connectivity index (χ4n) is 8.26. The number of ether oxygens (including phenoxy) is 4. The van der Waals surface area contributed by atoms with Crippen LogP contribution in [0.5, 0.6) is 23.5 Å². The maximum Gasteiger partial charge on any atom is 0.326 e. The molecule has 0 saturated heterocycles. The van der Waals surface area contributed by atoms with Crippen LogP contribution in [0.2, 0.25) is 10.0 Å². The van der Waals surface area contributed by atoms with Crippen LogP contribution in [0.4, 0.5) is 0 Å². The van der Waals surface area contributed by atoms with Crippen LogP contribution >= 0.6 is 23.2 Å². The van der Waals surface area contributed by atoms with Crippen LogP contribution < -0.4 is 29.6 Å². The molecule has 8 rings (SSSR count). The Labute approximate surface area is 402 Å². The van der Waals surface area contributed by atoms with Crippen molar-refractivity contribution in [3.05, 3.63) is 151 Å². The molecule has 2 aromatic carbocycles. The number of aliphatic carboxylic acids is 1. The minimum absolute atomic E-state index is 0.00366. The van der Waals surface area contributed by atoms with Gasteiger partial charge in [-0.2, -0.15) is 20.5 Å². The van der Waals surface area contributed by atoms with E-state index in [1.807, 2.05) is 18.2 Å². The van der Waals surface area contributed by atoms with Gasteiger partial charge < -0.3 is 39.6 Å². The number of halogens is 2. The van der Waals surface area contributed by atoms with Gasteiger partial charge in [-0.15, -0.1) is 0 Å². The second kappa shape index (κ2) is 21.4. The molecule has 0 amide bonds. The lowest BCUT2D eigenvalue weighted by Gasteiger charge is -2.24. The summed E-state index contributed by atoms with van der Waals surface area (Å²) in [6.07, 6.45) is 8.16. The molecule has 0 aliphatic heterocycles. The zero-order valence-electron chi connectivity index (χ0n) is 36.8. The van der Waals surface area contributed by atoms with E-state index in [-0.39, 0.29) is 55.1 Å². The number of fused-ring (bicyclic) bond motifs is 2. The Morgan fingerprint density at radius 3 is 1.71 bits per heavy atom. The number of aliphatic hydroxyl groups excluding tert-OH is 2.